The topological polar surface area (TPSA) is 210 Å². The van der Waals surface area contributed by atoms with Crippen molar-refractivity contribution in [1.82, 2.24) is 0 Å². The van der Waals surface area contributed by atoms with Gasteiger partial charge in [-0.2, -0.15) is 0 Å². The van der Waals surface area contributed by atoms with E-state index >= 15 is 0 Å². The van der Waals surface area contributed by atoms with Crippen molar-refractivity contribution < 1.29 is 58.0 Å². The van der Waals surface area contributed by atoms with E-state index in [2.05, 4.69) is 9.68 Å². The van der Waals surface area contributed by atoms with Crippen LogP contribution in [0.3, 0.4) is 0 Å². The van der Waals surface area contributed by atoms with Crippen molar-refractivity contribution in [3.05, 3.63) is 79.9 Å². The first-order chi connectivity index (χ1) is 18.1. The summed E-state index contributed by atoms with van der Waals surface area (Å²) in [6.07, 6.45) is -2.28. The Kier molecular flexibility index (Phi) is 10.9. The Morgan fingerprint density at radius 2 is 1.34 bits per heavy atom. The zero-order valence-corrected chi connectivity index (χ0v) is 19.6. The van der Waals surface area contributed by atoms with Gasteiger partial charge in [0.2, 0.25) is 6.79 Å². The molecule has 0 saturated heterocycles. The minimum Gasteiger partial charge on any atom is -0.426 e. The standard InChI is InChI=1S/C22H20N2O14/c1-14(25)36-18-8-4-2-6-16(18)21(27)33-13-34-22(28)17-7-3-5-9-19(17)37-20(26)11-10-15(38-24(31)32)12-35-23(29)30/h2-9,15H,10-13H2,1H3. The number of esters is 4. The van der Waals surface area contributed by atoms with E-state index in [0.717, 1.165) is 6.92 Å². The molecule has 0 bridgehead atoms. The van der Waals surface area contributed by atoms with Crippen LogP contribution in [0.25, 0.3) is 0 Å². The zero-order chi connectivity index (χ0) is 28.1. The summed E-state index contributed by atoms with van der Waals surface area (Å²) >= 11 is 0. The van der Waals surface area contributed by atoms with Crippen molar-refractivity contribution in [2.75, 3.05) is 13.4 Å². The van der Waals surface area contributed by atoms with Gasteiger partial charge in [0.15, 0.2) is 0 Å². The van der Waals surface area contributed by atoms with Crippen LogP contribution in [0.1, 0.15) is 40.5 Å². The highest BCUT2D eigenvalue weighted by molar-refractivity contribution is 5.94. The van der Waals surface area contributed by atoms with E-state index in [1.54, 1.807) is 0 Å². The quantitative estimate of drug-likeness (QED) is 0.111. The predicted octanol–water partition coefficient (Wildman–Crippen LogP) is 2.05. The lowest BCUT2D eigenvalue weighted by Crippen LogP contribution is -2.26. The Morgan fingerprint density at radius 1 is 0.816 bits per heavy atom. The Balaban J connectivity index is 1.94. The summed E-state index contributed by atoms with van der Waals surface area (Å²) < 4.78 is 19.8. The number of carbonyl (C=O) groups is 4. The number of ether oxygens (including phenoxy) is 4. The fourth-order valence-corrected chi connectivity index (χ4v) is 2.78. The van der Waals surface area contributed by atoms with E-state index in [1.165, 1.54) is 48.5 Å². The average molecular weight is 536 g/mol. The lowest BCUT2D eigenvalue weighted by molar-refractivity contribution is -0.790. The van der Waals surface area contributed by atoms with Gasteiger partial charge in [0, 0.05) is 13.3 Å². The fraction of sp³-hybridized carbons (Fsp3) is 0.273. The van der Waals surface area contributed by atoms with Crippen molar-refractivity contribution in [2.45, 2.75) is 25.9 Å². The number of hydrogen-bond donors (Lipinski definition) is 0. The number of hydrogen-bond acceptors (Lipinski definition) is 14. The molecule has 0 aliphatic carbocycles. The lowest BCUT2D eigenvalue weighted by Gasteiger charge is -2.14. The van der Waals surface area contributed by atoms with E-state index in [0.29, 0.717) is 0 Å². The largest absolute Gasteiger partial charge is 0.426 e. The summed E-state index contributed by atoms with van der Waals surface area (Å²) in [6, 6.07) is 11.1. The van der Waals surface area contributed by atoms with Crippen molar-refractivity contribution >= 4 is 23.9 Å². The molecule has 0 spiro atoms. The smallest absolute Gasteiger partial charge is 0.344 e. The van der Waals surface area contributed by atoms with Gasteiger partial charge >= 0.3 is 23.9 Å². The van der Waals surface area contributed by atoms with Crippen LogP contribution in [-0.2, 0) is 28.7 Å². The highest BCUT2D eigenvalue weighted by Gasteiger charge is 2.21. The molecule has 0 amide bonds. The van der Waals surface area contributed by atoms with Crippen LogP contribution in [-0.4, -0.2) is 53.6 Å². The van der Waals surface area contributed by atoms with E-state index in [4.69, 9.17) is 18.9 Å². The van der Waals surface area contributed by atoms with E-state index < -0.39 is 60.0 Å². The number of nitrogens with zero attached hydrogens (tertiary/aromatic N) is 2. The highest BCUT2D eigenvalue weighted by atomic mass is 17.0. The molecule has 2 aromatic rings. The van der Waals surface area contributed by atoms with Crippen LogP contribution < -0.4 is 9.47 Å². The summed E-state index contributed by atoms with van der Waals surface area (Å²) in [5.41, 5.74) is -0.303. The van der Waals surface area contributed by atoms with Gasteiger partial charge in [-0.1, -0.05) is 24.3 Å². The van der Waals surface area contributed by atoms with Gasteiger partial charge in [-0.3, -0.25) is 9.59 Å². The normalized spacial score (nSPS) is 10.9. The molecule has 2 rings (SSSR count). The molecule has 0 N–H and O–H groups in total. The summed E-state index contributed by atoms with van der Waals surface area (Å²) in [6.45, 7) is -0.476. The predicted molar refractivity (Wildman–Crippen MR) is 120 cm³/mol. The van der Waals surface area contributed by atoms with Crippen LogP contribution in [0.15, 0.2) is 48.5 Å². The second-order valence-corrected chi connectivity index (χ2v) is 7.05. The molecular weight excluding hydrogens is 516 g/mol. The molecule has 0 saturated carbocycles. The monoisotopic (exact) mass is 536 g/mol. The summed E-state index contributed by atoms with van der Waals surface area (Å²) in [4.78, 5) is 77.2. The van der Waals surface area contributed by atoms with Gasteiger partial charge in [-0.05, 0) is 30.7 Å². The summed E-state index contributed by atoms with van der Waals surface area (Å²) in [5.74, 6) is -3.86. The lowest BCUT2D eigenvalue weighted by atomic mass is 10.2. The molecule has 0 fully saturated rings. The Bertz CT molecular complexity index is 1200. The van der Waals surface area contributed by atoms with Crippen LogP contribution in [0.2, 0.25) is 0 Å². The van der Waals surface area contributed by atoms with Crippen molar-refractivity contribution in [3.8, 4) is 11.5 Å². The molecule has 0 aliphatic heterocycles. The van der Waals surface area contributed by atoms with E-state index in [-0.39, 0.29) is 29.0 Å². The maximum Gasteiger partial charge on any atom is 0.344 e. The first-order valence-corrected chi connectivity index (χ1v) is 10.6. The Hall–Kier alpha value is -5.28. The van der Waals surface area contributed by atoms with Crippen LogP contribution >= 0.6 is 0 Å². The maximum atomic E-state index is 12.5. The van der Waals surface area contributed by atoms with Gasteiger partial charge in [0.05, 0.1) is 0 Å². The molecule has 1 unspecified atom stereocenters. The number of rotatable bonds is 14. The molecule has 2 aromatic carbocycles. The van der Waals surface area contributed by atoms with Crippen molar-refractivity contribution in [1.29, 1.82) is 0 Å². The average Bonchev–Trinajstić information content (AvgIpc) is 2.85. The third-order valence-electron chi connectivity index (χ3n) is 4.34. The summed E-state index contributed by atoms with van der Waals surface area (Å²) in [5, 5.41) is 18.4. The van der Waals surface area contributed by atoms with E-state index in [9.17, 15) is 39.4 Å². The molecule has 0 aliphatic rings. The SMILES string of the molecule is CC(=O)Oc1ccccc1C(=O)OCOC(=O)c1ccccc1OC(=O)CCC(CO[N+](=O)[O-])O[N+](=O)[O-]. The van der Waals surface area contributed by atoms with Crippen molar-refractivity contribution in [3.63, 3.8) is 0 Å². The first kappa shape index (κ1) is 29.0. The number of benzene rings is 2. The van der Waals surface area contributed by atoms with Crippen LogP contribution in [0.4, 0.5) is 0 Å². The third kappa shape index (κ3) is 9.76. The highest BCUT2D eigenvalue weighted by Crippen LogP contribution is 2.21. The van der Waals surface area contributed by atoms with Gasteiger partial charge in [-0.25, -0.2) is 9.59 Å². The molecule has 0 heterocycles. The molecule has 202 valence electrons. The van der Waals surface area contributed by atoms with Crippen LogP contribution in [0.5, 0.6) is 11.5 Å². The fourth-order valence-electron chi connectivity index (χ4n) is 2.78. The van der Waals surface area contributed by atoms with Gasteiger partial charge in [-0.15, -0.1) is 20.2 Å². The molecule has 1 atom stereocenters. The molecule has 0 aromatic heterocycles. The van der Waals surface area contributed by atoms with Gasteiger partial charge in [0.1, 0.15) is 35.3 Å². The zero-order valence-electron chi connectivity index (χ0n) is 19.6. The molecule has 0 radical (unpaired) electrons. The Morgan fingerprint density at radius 3 is 1.84 bits per heavy atom. The molecule has 38 heavy (non-hydrogen) atoms. The van der Waals surface area contributed by atoms with Crippen molar-refractivity contribution in [2.24, 2.45) is 0 Å². The number of carbonyl (C=O) groups excluding carboxylic acids is 4. The molecule has 16 heteroatoms. The first-order valence-electron chi connectivity index (χ1n) is 10.6. The van der Waals surface area contributed by atoms with E-state index in [1.807, 2.05) is 0 Å². The summed E-state index contributed by atoms with van der Waals surface area (Å²) in [7, 11) is 0. The molecular formula is C22H20N2O14. The maximum absolute atomic E-state index is 12.5. The molecule has 16 nitrogen and oxygen atoms in total. The second kappa shape index (κ2) is 14.3. The minimum atomic E-state index is -1.43. The number of para-hydroxylation sites is 2. The second-order valence-electron chi connectivity index (χ2n) is 7.05. The van der Waals surface area contributed by atoms with Gasteiger partial charge in [0.25, 0.3) is 10.2 Å². The van der Waals surface area contributed by atoms with Gasteiger partial charge < -0.3 is 28.6 Å². The Labute approximate surface area is 213 Å². The third-order valence-corrected chi connectivity index (χ3v) is 4.34. The minimum absolute atomic E-state index is 0.0515. The van der Waals surface area contributed by atoms with Crippen LogP contribution in [0, 0.1) is 20.2 Å².